The van der Waals surface area contributed by atoms with Crippen LogP contribution in [-0.4, -0.2) is 37.5 Å². The second-order valence-corrected chi connectivity index (χ2v) is 4.90. The molecule has 1 aromatic rings. The summed E-state index contributed by atoms with van der Waals surface area (Å²) in [6.45, 7) is 3.65. The smallest absolute Gasteiger partial charge is 0.0706 e. The third-order valence-corrected chi connectivity index (χ3v) is 3.67. The number of allylic oxidation sites excluding steroid dienone is 2. The number of nitrogens with zero attached hydrogens (tertiary/aromatic N) is 1. The first kappa shape index (κ1) is 13.2. The normalized spacial score (nSPS) is 17.4. The Hall–Kier alpha value is -1.19. The lowest BCUT2D eigenvalue weighted by molar-refractivity contribution is 0.0577. The van der Waals surface area contributed by atoms with Gasteiger partial charge in [0.05, 0.1) is 18.2 Å². The van der Waals surface area contributed by atoms with Crippen molar-refractivity contribution in [1.29, 1.82) is 0 Å². The molecule has 18 heavy (non-hydrogen) atoms. The Morgan fingerprint density at radius 2 is 1.94 bits per heavy atom. The van der Waals surface area contributed by atoms with Crippen molar-refractivity contribution in [2.75, 3.05) is 32.6 Å². The Morgan fingerprint density at radius 3 is 2.61 bits per heavy atom. The summed E-state index contributed by atoms with van der Waals surface area (Å²) in [6, 6.07) is 10.4. The van der Waals surface area contributed by atoms with E-state index in [1.165, 1.54) is 10.6 Å². The van der Waals surface area contributed by atoms with Crippen LogP contribution in [0.4, 0.5) is 0 Å². The fourth-order valence-electron chi connectivity index (χ4n) is 1.89. The number of morpholine rings is 1. The highest BCUT2D eigenvalue weighted by molar-refractivity contribution is 8.02. The minimum atomic E-state index is 0.834. The molecule has 1 aromatic carbocycles. The zero-order chi connectivity index (χ0) is 12.6. The maximum Gasteiger partial charge on any atom is 0.0706 e. The monoisotopic (exact) mass is 261 g/mol. The van der Waals surface area contributed by atoms with Gasteiger partial charge in [0.1, 0.15) is 0 Å². The van der Waals surface area contributed by atoms with E-state index in [2.05, 4.69) is 53.6 Å². The van der Waals surface area contributed by atoms with Gasteiger partial charge in [-0.1, -0.05) is 42.5 Å². The van der Waals surface area contributed by atoms with Crippen LogP contribution in [-0.2, 0) is 4.74 Å². The van der Waals surface area contributed by atoms with Crippen LogP contribution in [0.1, 0.15) is 5.56 Å². The molecule has 1 aliphatic heterocycles. The van der Waals surface area contributed by atoms with Crippen molar-refractivity contribution >= 4 is 17.8 Å². The molecule has 0 atom stereocenters. The van der Waals surface area contributed by atoms with Crippen molar-refractivity contribution in [2.24, 2.45) is 0 Å². The Kier molecular flexibility index (Phi) is 5.36. The molecule has 0 N–H and O–H groups in total. The van der Waals surface area contributed by atoms with E-state index in [0.717, 1.165) is 26.3 Å². The summed E-state index contributed by atoms with van der Waals surface area (Å²) in [7, 11) is 0. The van der Waals surface area contributed by atoms with Gasteiger partial charge >= 0.3 is 0 Å². The quantitative estimate of drug-likeness (QED) is 0.772. The van der Waals surface area contributed by atoms with E-state index < -0.39 is 0 Å². The van der Waals surface area contributed by atoms with Crippen LogP contribution in [0.25, 0.3) is 6.08 Å². The van der Waals surface area contributed by atoms with Crippen LogP contribution in [0.15, 0.2) is 47.5 Å². The van der Waals surface area contributed by atoms with E-state index in [1.54, 1.807) is 11.8 Å². The van der Waals surface area contributed by atoms with Gasteiger partial charge < -0.3 is 9.64 Å². The topological polar surface area (TPSA) is 12.5 Å². The molecular weight excluding hydrogens is 242 g/mol. The molecule has 3 heteroatoms. The second-order valence-electron chi connectivity index (χ2n) is 4.08. The summed E-state index contributed by atoms with van der Waals surface area (Å²) in [5.41, 5.74) is 1.23. The van der Waals surface area contributed by atoms with Gasteiger partial charge in [-0.3, -0.25) is 0 Å². The van der Waals surface area contributed by atoms with Gasteiger partial charge in [-0.25, -0.2) is 0 Å². The Morgan fingerprint density at radius 1 is 1.22 bits per heavy atom. The molecule has 0 aliphatic carbocycles. The van der Waals surface area contributed by atoms with E-state index in [4.69, 9.17) is 4.74 Å². The third-order valence-electron chi connectivity index (χ3n) is 2.86. The summed E-state index contributed by atoms with van der Waals surface area (Å²) < 4.78 is 5.37. The van der Waals surface area contributed by atoms with Gasteiger partial charge in [0.2, 0.25) is 0 Å². The summed E-state index contributed by atoms with van der Waals surface area (Å²) in [6.07, 6.45) is 8.56. The molecular formula is C15H19NOS. The summed E-state index contributed by atoms with van der Waals surface area (Å²) >= 11 is 1.79. The predicted molar refractivity (Wildman–Crippen MR) is 79.5 cm³/mol. The van der Waals surface area contributed by atoms with Crippen molar-refractivity contribution in [3.63, 3.8) is 0 Å². The molecule has 0 saturated carbocycles. The lowest BCUT2D eigenvalue weighted by atomic mass is 10.2. The number of hydrogen-bond donors (Lipinski definition) is 0. The minimum Gasteiger partial charge on any atom is -0.378 e. The molecule has 1 aliphatic rings. The van der Waals surface area contributed by atoms with Crippen molar-refractivity contribution in [2.45, 2.75) is 0 Å². The van der Waals surface area contributed by atoms with Gasteiger partial charge in [-0.15, -0.1) is 11.8 Å². The largest absolute Gasteiger partial charge is 0.378 e. The van der Waals surface area contributed by atoms with Crippen LogP contribution in [0.2, 0.25) is 0 Å². The lowest BCUT2D eigenvalue weighted by Crippen LogP contribution is -2.34. The number of hydrogen-bond acceptors (Lipinski definition) is 3. The molecule has 0 amide bonds. The van der Waals surface area contributed by atoms with Gasteiger partial charge in [0, 0.05) is 13.1 Å². The van der Waals surface area contributed by atoms with E-state index in [1.807, 2.05) is 6.07 Å². The van der Waals surface area contributed by atoms with E-state index in [0.29, 0.717) is 0 Å². The second kappa shape index (κ2) is 7.29. The van der Waals surface area contributed by atoms with Gasteiger partial charge in [0.25, 0.3) is 0 Å². The Bertz CT molecular complexity index is 408. The third kappa shape index (κ3) is 3.93. The molecule has 0 radical (unpaired) electrons. The highest BCUT2D eigenvalue weighted by Gasteiger charge is 2.11. The van der Waals surface area contributed by atoms with Gasteiger partial charge in [0.15, 0.2) is 0 Å². The average Bonchev–Trinajstić information content (AvgIpc) is 2.46. The Balaban J connectivity index is 1.99. The summed E-state index contributed by atoms with van der Waals surface area (Å²) in [5, 5.41) is 1.31. The molecule has 1 saturated heterocycles. The molecule has 0 bridgehead atoms. The maximum atomic E-state index is 5.37. The molecule has 2 rings (SSSR count). The van der Waals surface area contributed by atoms with Crippen LogP contribution in [0.5, 0.6) is 0 Å². The Labute approximate surface area is 113 Å². The highest BCUT2D eigenvalue weighted by Crippen LogP contribution is 2.18. The van der Waals surface area contributed by atoms with Crippen LogP contribution < -0.4 is 0 Å². The molecule has 0 unspecified atom stereocenters. The number of benzene rings is 1. The van der Waals surface area contributed by atoms with Gasteiger partial charge in [-0.05, 0) is 17.9 Å². The number of thioether (sulfide) groups is 1. The molecule has 0 spiro atoms. The molecule has 96 valence electrons. The molecule has 2 nitrogen and oxygen atoms in total. The van der Waals surface area contributed by atoms with E-state index >= 15 is 0 Å². The zero-order valence-electron chi connectivity index (χ0n) is 10.7. The summed E-state index contributed by atoms with van der Waals surface area (Å²) in [4.78, 5) is 2.38. The maximum absolute atomic E-state index is 5.37. The fourth-order valence-corrected chi connectivity index (χ4v) is 2.55. The lowest BCUT2D eigenvalue weighted by Gasteiger charge is -2.29. The SMILES string of the molecule is CS/C(=C\C=C\c1ccccc1)N1CCOCC1. The van der Waals surface area contributed by atoms with E-state index in [9.17, 15) is 0 Å². The number of ether oxygens (including phenoxy) is 1. The van der Waals surface area contributed by atoms with Gasteiger partial charge in [-0.2, -0.15) is 0 Å². The van der Waals surface area contributed by atoms with Crippen LogP contribution in [0, 0.1) is 0 Å². The first-order chi connectivity index (χ1) is 8.90. The van der Waals surface area contributed by atoms with Crippen LogP contribution in [0.3, 0.4) is 0 Å². The average molecular weight is 261 g/mol. The first-order valence-corrected chi connectivity index (χ1v) is 7.43. The first-order valence-electron chi connectivity index (χ1n) is 6.20. The predicted octanol–water partition coefficient (Wildman–Crippen LogP) is 3.24. The van der Waals surface area contributed by atoms with Crippen LogP contribution >= 0.6 is 11.8 Å². The molecule has 0 aromatic heterocycles. The van der Waals surface area contributed by atoms with Crippen molar-refractivity contribution in [3.05, 3.63) is 53.1 Å². The van der Waals surface area contributed by atoms with Crippen molar-refractivity contribution in [1.82, 2.24) is 4.90 Å². The minimum absolute atomic E-state index is 0.834. The van der Waals surface area contributed by atoms with E-state index in [-0.39, 0.29) is 0 Å². The van der Waals surface area contributed by atoms with Crippen molar-refractivity contribution < 1.29 is 4.74 Å². The standard InChI is InChI=1S/C15H19NOS/c1-18-15(16-10-12-17-13-11-16)9-5-8-14-6-3-2-4-7-14/h2-9H,10-13H2,1H3/b8-5+,15-9-. The van der Waals surface area contributed by atoms with Crippen molar-refractivity contribution in [3.8, 4) is 0 Å². The highest BCUT2D eigenvalue weighted by atomic mass is 32.2. The zero-order valence-corrected chi connectivity index (χ0v) is 11.5. The fraction of sp³-hybridized carbons (Fsp3) is 0.333. The molecule has 1 heterocycles. The number of rotatable bonds is 4. The summed E-state index contributed by atoms with van der Waals surface area (Å²) in [5.74, 6) is 0. The molecule has 1 fully saturated rings.